The molecule has 0 spiro atoms. The van der Waals surface area contributed by atoms with Crippen LogP contribution in [0.5, 0.6) is 0 Å². The largest absolute Gasteiger partial charge is 0.466 e. The van der Waals surface area contributed by atoms with Crippen LogP contribution < -0.4 is 15.2 Å². The van der Waals surface area contributed by atoms with Crippen LogP contribution in [0.25, 0.3) is 0 Å². The van der Waals surface area contributed by atoms with E-state index in [-0.39, 0.29) is 18.2 Å². The van der Waals surface area contributed by atoms with Gasteiger partial charge in [0.05, 0.1) is 13.0 Å². The van der Waals surface area contributed by atoms with Gasteiger partial charge < -0.3 is 15.4 Å². The van der Waals surface area contributed by atoms with Crippen molar-refractivity contribution in [2.45, 2.75) is 89.3 Å². The number of aryl methyl sites for hydroxylation is 1. The Balaban J connectivity index is 1.16. The van der Waals surface area contributed by atoms with Crippen molar-refractivity contribution in [1.29, 1.82) is 0 Å². The minimum absolute atomic E-state index is 0.140. The van der Waals surface area contributed by atoms with E-state index in [0.717, 1.165) is 31.4 Å². The smallest absolute Gasteiger partial charge is 0.308 e. The minimum atomic E-state index is -0.872. The number of nitrogens with zero attached hydrogens (tertiary/aromatic N) is 1. The quantitative estimate of drug-likeness (QED) is 0.212. The molecule has 2 amide bonds. The van der Waals surface area contributed by atoms with Crippen LogP contribution in [0, 0.1) is 0 Å². The Bertz CT molecular complexity index is 936. The van der Waals surface area contributed by atoms with E-state index in [1.165, 1.54) is 38.5 Å². The van der Waals surface area contributed by atoms with Gasteiger partial charge in [0.15, 0.2) is 12.4 Å². The minimum Gasteiger partial charge on any atom is -0.466 e. The Labute approximate surface area is 214 Å². The van der Waals surface area contributed by atoms with Gasteiger partial charge in [-0.2, -0.15) is 0 Å². The SMILES string of the molecule is O=C(C[C@@H]1NC(=O)[C@H](Cc2ccccc2)NC1=O)OCCCCCCCCCCC[n+]1ccccc1. The van der Waals surface area contributed by atoms with Crippen molar-refractivity contribution in [2.75, 3.05) is 6.61 Å². The van der Waals surface area contributed by atoms with Crippen LogP contribution in [0.1, 0.15) is 69.8 Å². The number of nitrogens with one attached hydrogen (secondary N) is 2. The molecular formula is C29H40N3O4+. The monoisotopic (exact) mass is 494 g/mol. The predicted octanol–water partition coefficient (Wildman–Crippen LogP) is 3.64. The summed E-state index contributed by atoms with van der Waals surface area (Å²) in [6, 6.07) is 14.2. The molecule has 2 N–H and O–H groups in total. The molecule has 1 aliphatic heterocycles. The molecule has 0 radical (unpaired) electrons. The number of aromatic nitrogens is 1. The lowest BCUT2D eigenvalue weighted by Crippen LogP contribution is -2.62. The first-order chi connectivity index (χ1) is 17.6. The summed E-state index contributed by atoms with van der Waals surface area (Å²) in [7, 11) is 0. The van der Waals surface area contributed by atoms with E-state index in [0.29, 0.717) is 13.0 Å². The second kappa shape index (κ2) is 15.7. The standard InChI is InChI=1S/C29H39N3O4/c33-27(23-26-29(35)30-25(28(34)31-26)22-24-16-10-8-11-17-24)36-21-15-7-5-3-1-2-4-6-12-18-32-19-13-9-14-20-32/h8-11,13-14,16-17,19-20,25-26H,1-7,12,15,18,21-23H2,(H-,30,31,34,35)/p+1/t25-,26-/m0/s1. The van der Waals surface area contributed by atoms with Crippen LogP contribution in [0.4, 0.5) is 0 Å². The molecule has 0 saturated carbocycles. The highest BCUT2D eigenvalue weighted by Crippen LogP contribution is 2.11. The highest BCUT2D eigenvalue weighted by molar-refractivity contribution is 5.98. The number of amides is 2. The Morgan fingerprint density at radius 2 is 1.28 bits per heavy atom. The van der Waals surface area contributed by atoms with Gasteiger partial charge in [0.1, 0.15) is 18.6 Å². The van der Waals surface area contributed by atoms with E-state index in [9.17, 15) is 14.4 Å². The molecule has 1 saturated heterocycles. The first kappa shape index (κ1) is 27.4. The van der Waals surface area contributed by atoms with E-state index < -0.39 is 18.1 Å². The van der Waals surface area contributed by atoms with Crippen LogP contribution >= 0.6 is 0 Å². The molecule has 1 fully saturated rings. The van der Waals surface area contributed by atoms with E-state index in [1.54, 1.807) is 0 Å². The molecule has 1 aromatic heterocycles. The number of esters is 1. The zero-order valence-corrected chi connectivity index (χ0v) is 21.2. The summed E-state index contributed by atoms with van der Waals surface area (Å²) in [5.41, 5.74) is 0.967. The van der Waals surface area contributed by atoms with Crippen molar-refractivity contribution in [3.05, 3.63) is 66.5 Å². The summed E-state index contributed by atoms with van der Waals surface area (Å²) in [5.74, 6) is -1.07. The number of hydrogen-bond donors (Lipinski definition) is 2. The fourth-order valence-electron chi connectivity index (χ4n) is 4.44. The van der Waals surface area contributed by atoms with Crippen molar-refractivity contribution in [2.24, 2.45) is 0 Å². The summed E-state index contributed by atoms with van der Waals surface area (Å²) in [4.78, 5) is 36.9. The molecule has 2 heterocycles. The summed E-state index contributed by atoms with van der Waals surface area (Å²) >= 11 is 0. The molecule has 1 aliphatic rings. The maximum Gasteiger partial charge on any atom is 0.308 e. The summed E-state index contributed by atoms with van der Waals surface area (Å²) in [6.45, 7) is 1.45. The number of hydrogen-bond acceptors (Lipinski definition) is 4. The maximum atomic E-state index is 12.4. The third-order valence-corrected chi connectivity index (χ3v) is 6.52. The van der Waals surface area contributed by atoms with E-state index in [1.807, 2.05) is 36.4 Å². The van der Waals surface area contributed by atoms with Crippen molar-refractivity contribution in [3.63, 3.8) is 0 Å². The predicted molar refractivity (Wildman–Crippen MR) is 138 cm³/mol. The van der Waals surface area contributed by atoms with Crippen LogP contribution in [-0.2, 0) is 32.1 Å². The fraction of sp³-hybridized carbons (Fsp3) is 0.517. The normalized spacial score (nSPS) is 17.3. The van der Waals surface area contributed by atoms with Crippen molar-refractivity contribution < 1.29 is 23.7 Å². The lowest BCUT2D eigenvalue weighted by Gasteiger charge is -2.29. The third kappa shape index (κ3) is 10.2. The summed E-state index contributed by atoms with van der Waals surface area (Å²) < 4.78 is 7.52. The molecular weight excluding hydrogens is 454 g/mol. The number of rotatable bonds is 16. The zero-order chi connectivity index (χ0) is 25.4. The number of piperazine rings is 1. The molecule has 2 atom stereocenters. The number of carbonyl (C=O) groups excluding carboxylic acids is 3. The first-order valence-electron chi connectivity index (χ1n) is 13.4. The molecule has 7 nitrogen and oxygen atoms in total. The molecule has 1 aromatic carbocycles. The summed E-state index contributed by atoms with van der Waals surface area (Å²) in [6.07, 6.45) is 15.0. The zero-order valence-electron chi connectivity index (χ0n) is 21.2. The van der Waals surface area contributed by atoms with E-state index in [4.69, 9.17) is 4.74 Å². The highest BCUT2D eigenvalue weighted by Gasteiger charge is 2.35. The Kier molecular flexibility index (Phi) is 11.9. The Hall–Kier alpha value is -3.22. The Morgan fingerprint density at radius 1 is 0.722 bits per heavy atom. The van der Waals surface area contributed by atoms with Crippen LogP contribution in [0.3, 0.4) is 0 Å². The molecule has 194 valence electrons. The van der Waals surface area contributed by atoms with Gasteiger partial charge >= 0.3 is 5.97 Å². The number of pyridine rings is 1. The molecule has 36 heavy (non-hydrogen) atoms. The lowest BCUT2D eigenvalue weighted by atomic mass is 10.0. The maximum absolute atomic E-state index is 12.4. The molecule has 0 aliphatic carbocycles. The average Bonchev–Trinajstić information content (AvgIpc) is 2.89. The van der Waals surface area contributed by atoms with Gasteiger partial charge in [-0.25, -0.2) is 4.57 Å². The van der Waals surface area contributed by atoms with Crippen molar-refractivity contribution in [3.8, 4) is 0 Å². The second-order valence-electron chi connectivity index (χ2n) is 9.53. The molecule has 2 aromatic rings. The Morgan fingerprint density at radius 3 is 1.97 bits per heavy atom. The number of unbranched alkanes of at least 4 members (excludes halogenated alkanes) is 8. The number of ether oxygens (including phenoxy) is 1. The van der Waals surface area contributed by atoms with Gasteiger partial charge in [-0.05, 0) is 18.4 Å². The second-order valence-corrected chi connectivity index (χ2v) is 9.53. The molecule has 3 rings (SSSR count). The van der Waals surface area contributed by atoms with Crippen LogP contribution in [-0.4, -0.2) is 36.5 Å². The van der Waals surface area contributed by atoms with Gasteiger partial charge in [-0.15, -0.1) is 0 Å². The first-order valence-corrected chi connectivity index (χ1v) is 13.4. The third-order valence-electron chi connectivity index (χ3n) is 6.52. The molecule has 7 heteroatoms. The summed E-state index contributed by atoms with van der Waals surface area (Å²) in [5, 5.41) is 5.40. The van der Waals surface area contributed by atoms with Gasteiger partial charge in [-0.3, -0.25) is 14.4 Å². The lowest BCUT2D eigenvalue weighted by molar-refractivity contribution is -0.697. The van der Waals surface area contributed by atoms with Gasteiger partial charge in [0.25, 0.3) is 0 Å². The van der Waals surface area contributed by atoms with E-state index >= 15 is 0 Å². The highest BCUT2D eigenvalue weighted by atomic mass is 16.5. The van der Waals surface area contributed by atoms with Crippen molar-refractivity contribution in [1.82, 2.24) is 10.6 Å². The molecule has 0 bridgehead atoms. The average molecular weight is 495 g/mol. The van der Waals surface area contributed by atoms with Gasteiger partial charge in [0.2, 0.25) is 11.8 Å². The molecule has 0 unspecified atom stereocenters. The van der Waals surface area contributed by atoms with Crippen LogP contribution in [0.2, 0.25) is 0 Å². The van der Waals surface area contributed by atoms with Gasteiger partial charge in [-0.1, -0.05) is 74.9 Å². The number of benzene rings is 1. The fourth-order valence-corrected chi connectivity index (χ4v) is 4.44. The van der Waals surface area contributed by atoms with Crippen molar-refractivity contribution >= 4 is 17.8 Å². The topological polar surface area (TPSA) is 88.4 Å². The van der Waals surface area contributed by atoms with Gasteiger partial charge in [0, 0.05) is 25.0 Å². The van der Waals surface area contributed by atoms with E-state index in [2.05, 4.69) is 39.7 Å². The van der Waals surface area contributed by atoms with Crippen LogP contribution in [0.15, 0.2) is 60.9 Å². The number of carbonyl (C=O) groups is 3.